The number of hydrogen-bond donors (Lipinski definition) is 1. The van der Waals surface area contributed by atoms with E-state index in [9.17, 15) is 19.7 Å². The molecule has 0 radical (unpaired) electrons. The van der Waals surface area contributed by atoms with Gasteiger partial charge in [0.25, 0.3) is 5.69 Å². The van der Waals surface area contributed by atoms with Crippen LogP contribution in [0.5, 0.6) is 0 Å². The summed E-state index contributed by atoms with van der Waals surface area (Å²) in [4.78, 5) is 35.9. The average Bonchev–Trinajstić information content (AvgIpc) is 3.19. The molecule has 1 aliphatic rings. The normalized spacial score (nSPS) is 13.9. The highest BCUT2D eigenvalue weighted by atomic mass is 127. The van der Waals surface area contributed by atoms with Crippen molar-refractivity contribution in [3.05, 3.63) is 99.6 Å². The molecule has 3 aromatic rings. The van der Waals surface area contributed by atoms with Crippen LogP contribution in [0.2, 0.25) is 0 Å². The number of rotatable bonds is 8. The smallest absolute Gasteiger partial charge is 0.339 e. The molecule has 0 spiro atoms. The molecule has 0 saturated carbocycles. The van der Waals surface area contributed by atoms with Gasteiger partial charge in [0.1, 0.15) is 13.2 Å². The third kappa shape index (κ3) is 4.53. The van der Waals surface area contributed by atoms with Crippen LogP contribution in [-0.2, 0) is 25.7 Å². The lowest BCUT2D eigenvalue weighted by Crippen LogP contribution is -2.58. The molecule has 0 heterocycles. The summed E-state index contributed by atoms with van der Waals surface area (Å²) in [5.74, 6) is -1.94. The third-order valence-corrected chi connectivity index (χ3v) is 7.00. The van der Waals surface area contributed by atoms with Gasteiger partial charge in [-0.3, -0.25) is 10.1 Å². The van der Waals surface area contributed by atoms with E-state index in [0.29, 0.717) is 5.56 Å². The minimum absolute atomic E-state index is 0.0398. The van der Waals surface area contributed by atoms with Crippen LogP contribution in [-0.4, -0.2) is 33.4 Å². The van der Waals surface area contributed by atoms with E-state index < -0.39 is 22.4 Å². The molecular weight excluding hydrogens is 551 g/mol. The molecule has 0 aliphatic heterocycles. The molecule has 2 N–H and O–H groups in total. The molecule has 0 aromatic heterocycles. The molecular formula is C25H21IN2O6. The van der Waals surface area contributed by atoms with Crippen molar-refractivity contribution in [2.24, 2.45) is 5.73 Å². The predicted octanol–water partition coefficient (Wildman–Crippen LogP) is 4.13. The highest BCUT2D eigenvalue weighted by molar-refractivity contribution is 14.1. The molecule has 1 atom stereocenters. The van der Waals surface area contributed by atoms with E-state index in [1.807, 2.05) is 71.1 Å². The highest BCUT2D eigenvalue weighted by Crippen LogP contribution is 2.44. The lowest BCUT2D eigenvalue weighted by molar-refractivity contribution is -0.384. The number of nitro benzene ring substituents is 1. The van der Waals surface area contributed by atoms with E-state index in [1.165, 1.54) is 24.3 Å². The maximum Gasteiger partial charge on any atom is 0.339 e. The van der Waals surface area contributed by atoms with Crippen molar-refractivity contribution in [1.29, 1.82) is 0 Å². The number of nitrogens with zero attached hydrogens (tertiary/aromatic N) is 1. The molecule has 0 saturated heterocycles. The Bertz CT molecular complexity index is 1200. The van der Waals surface area contributed by atoms with E-state index >= 15 is 0 Å². The first kappa shape index (κ1) is 23.8. The van der Waals surface area contributed by atoms with Crippen LogP contribution in [0.15, 0.2) is 72.8 Å². The zero-order valence-electron chi connectivity index (χ0n) is 18.0. The second kappa shape index (κ2) is 9.90. The number of non-ortho nitro benzene ring substituents is 1. The third-order valence-electron chi connectivity index (χ3n) is 5.80. The van der Waals surface area contributed by atoms with Gasteiger partial charge in [-0.15, -0.1) is 0 Å². The van der Waals surface area contributed by atoms with Gasteiger partial charge in [-0.2, -0.15) is 0 Å². The molecule has 0 bridgehead atoms. The number of carbonyl (C=O) groups is 2. The first-order chi connectivity index (χ1) is 16.3. The predicted molar refractivity (Wildman–Crippen MR) is 133 cm³/mol. The number of halogens is 1. The number of nitrogens with two attached hydrogens (primary N) is 1. The Kier molecular flexibility index (Phi) is 6.94. The van der Waals surface area contributed by atoms with E-state index in [0.717, 1.165) is 22.3 Å². The summed E-state index contributed by atoms with van der Waals surface area (Å²) in [6.07, 6.45) is 0. The summed E-state index contributed by atoms with van der Waals surface area (Å²) in [5.41, 5.74) is 8.91. The Morgan fingerprint density at radius 1 is 0.912 bits per heavy atom. The second-order valence-corrected chi connectivity index (χ2v) is 8.69. The molecule has 174 valence electrons. The van der Waals surface area contributed by atoms with Gasteiger partial charge in [-0.05, 0) is 39.9 Å². The number of alkyl halides is 1. The fourth-order valence-electron chi connectivity index (χ4n) is 3.91. The molecule has 0 amide bonds. The van der Waals surface area contributed by atoms with Crippen molar-refractivity contribution in [1.82, 2.24) is 0 Å². The van der Waals surface area contributed by atoms with Crippen LogP contribution >= 0.6 is 22.6 Å². The van der Waals surface area contributed by atoms with Crippen LogP contribution < -0.4 is 5.73 Å². The van der Waals surface area contributed by atoms with Gasteiger partial charge in [-0.25, -0.2) is 9.59 Å². The van der Waals surface area contributed by atoms with Crippen LogP contribution in [0, 0.1) is 10.1 Å². The number of carbonyl (C=O) groups excluding carboxylic acids is 2. The standard InChI is InChI=1S/C25H21IN2O6/c26-15-25(27,23(29)33-13-16-9-11-17(12-10-16)28(31)32)24(30)34-14-22-20-7-3-1-5-18(20)19-6-2-4-8-21(19)22/h1-12,22H,13-15,27H2. The van der Waals surface area contributed by atoms with E-state index in [2.05, 4.69) is 0 Å². The van der Waals surface area contributed by atoms with Crippen LogP contribution in [0.4, 0.5) is 5.69 Å². The number of ether oxygens (including phenoxy) is 2. The second-order valence-electron chi connectivity index (χ2n) is 7.93. The summed E-state index contributed by atoms with van der Waals surface area (Å²) in [5, 5.41) is 10.8. The summed E-state index contributed by atoms with van der Waals surface area (Å²) < 4.78 is 10.8. The Morgan fingerprint density at radius 2 is 1.44 bits per heavy atom. The lowest BCUT2D eigenvalue weighted by Gasteiger charge is -2.24. The van der Waals surface area contributed by atoms with Gasteiger partial charge >= 0.3 is 11.9 Å². The first-order valence-corrected chi connectivity index (χ1v) is 12.0. The number of fused-ring (bicyclic) bond motifs is 3. The van der Waals surface area contributed by atoms with Crippen molar-refractivity contribution in [2.75, 3.05) is 11.0 Å². The minimum atomic E-state index is -1.97. The monoisotopic (exact) mass is 572 g/mol. The zero-order valence-corrected chi connectivity index (χ0v) is 20.1. The van der Waals surface area contributed by atoms with E-state index in [4.69, 9.17) is 15.2 Å². The van der Waals surface area contributed by atoms with Crippen LogP contribution in [0.25, 0.3) is 11.1 Å². The summed E-state index contributed by atoms with van der Waals surface area (Å²) >= 11 is 1.85. The summed E-state index contributed by atoms with van der Waals surface area (Å²) in [6, 6.07) is 21.4. The molecule has 0 fully saturated rings. The largest absolute Gasteiger partial charge is 0.463 e. The fourth-order valence-corrected chi connectivity index (χ4v) is 4.53. The molecule has 34 heavy (non-hydrogen) atoms. The van der Waals surface area contributed by atoms with Gasteiger partial charge in [0, 0.05) is 22.5 Å². The Morgan fingerprint density at radius 3 is 1.97 bits per heavy atom. The maximum absolute atomic E-state index is 12.9. The molecule has 1 aliphatic carbocycles. The zero-order chi connectivity index (χ0) is 24.3. The highest BCUT2D eigenvalue weighted by Gasteiger charge is 2.45. The Hall–Kier alpha value is -3.31. The fraction of sp³-hybridized carbons (Fsp3) is 0.200. The van der Waals surface area contributed by atoms with Gasteiger partial charge in [0.05, 0.1) is 4.92 Å². The van der Waals surface area contributed by atoms with E-state index in [-0.39, 0.29) is 29.2 Å². The topological polar surface area (TPSA) is 122 Å². The van der Waals surface area contributed by atoms with Crippen molar-refractivity contribution >= 4 is 40.2 Å². The first-order valence-electron chi connectivity index (χ1n) is 10.5. The van der Waals surface area contributed by atoms with E-state index in [1.54, 1.807) is 0 Å². The van der Waals surface area contributed by atoms with Crippen molar-refractivity contribution < 1.29 is 24.0 Å². The Labute approximate surface area is 209 Å². The molecule has 3 aromatic carbocycles. The van der Waals surface area contributed by atoms with Crippen molar-refractivity contribution in [2.45, 2.75) is 18.1 Å². The van der Waals surface area contributed by atoms with Gasteiger partial charge in [0.2, 0.25) is 5.54 Å². The van der Waals surface area contributed by atoms with Gasteiger partial charge in [0.15, 0.2) is 0 Å². The van der Waals surface area contributed by atoms with Gasteiger partial charge < -0.3 is 15.2 Å². The van der Waals surface area contributed by atoms with Crippen molar-refractivity contribution in [3.63, 3.8) is 0 Å². The number of benzene rings is 3. The lowest BCUT2D eigenvalue weighted by atomic mass is 9.98. The van der Waals surface area contributed by atoms with Crippen LogP contribution in [0.3, 0.4) is 0 Å². The Balaban J connectivity index is 1.43. The van der Waals surface area contributed by atoms with Gasteiger partial charge in [-0.1, -0.05) is 71.1 Å². The molecule has 9 heteroatoms. The molecule has 4 rings (SSSR count). The summed E-state index contributed by atoms with van der Waals surface area (Å²) in [6.45, 7) is -0.138. The molecule has 8 nitrogen and oxygen atoms in total. The molecule has 1 unspecified atom stereocenters. The number of hydrogen-bond acceptors (Lipinski definition) is 7. The van der Waals surface area contributed by atoms with Crippen LogP contribution in [0.1, 0.15) is 22.6 Å². The summed E-state index contributed by atoms with van der Waals surface area (Å²) in [7, 11) is 0. The number of esters is 2. The maximum atomic E-state index is 12.9. The SMILES string of the molecule is NC(CI)(C(=O)OCc1ccc([N+](=O)[O-])cc1)C(=O)OCC1c2ccccc2-c2ccccc21. The minimum Gasteiger partial charge on any atom is -0.463 e. The quantitative estimate of drug-likeness (QED) is 0.108. The number of nitro groups is 1. The average molecular weight is 572 g/mol. The van der Waals surface area contributed by atoms with Crippen molar-refractivity contribution in [3.8, 4) is 11.1 Å².